The van der Waals surface area contributed by atoms with Gasteiger partial charge >= 0.3 is 0 Å². The fourth-order valence-electron chi connectivity index (χ4n) is 2.62. The molecule has 0 aliphatic carbocycles. The first-order valence-electron chi connectivity index (χ1n) is 8.57. The van der Waals surface area contributed by atoms with Crippen molar-refractivity contribution in [3.05, 3.63) is 77.1 Å². The van der Waals surface area contributed by atoms with E-state index in [1.54, 1.807) is 44.7 Å². The highest BCUT2D eigenvalue weighted by Crippen LogP contribution is 2.31. The lowest BCUT2D eigenvalue weighted by atomic mass is 10.2. The van der Waals surface area contributed by atoms with E-state index in [2.05, 4.69) is 15.6 Å². The van der Waals surface area contributed by atoms with Crippen molar-refractivity contribution in [2.75, 3.05) is 19.5 Å². The van der Waals surface area contributed by atoms with Crippen molar-refractivity contribution in [2.45, 2.75) is 6.54 Å². The highest BCUT2D eigenvalue weighted by Gasteiger charge is 2.10. The van der Waals surface area contributed by atoms with E-state index in [4.69, 9.17) is 21.1 Å². The van der Waals surface area contributed by atoms with Crippen molar-refractivity contribution >= 4 is 28.9 Å². The molecular formula is C21H20ClN3O3. The first-order chi connectivity index (χ1) is 13.6. The first kappa shape index (κ1) is 19.5. The molecule has 7 heteroatoms. The van der Waals surface area contributed by atoms with Gasteiger partial charge in [-0.1, -0.05) is 29.8 Å². The third-order valence-electron chi connectivity index (χ3n) is 4.06. The van der Waals surface area contributed by atoms with Crippen LogP contribution in [0.15, 0.2) is 60.8 Å². The van der Waals surface area contributed by atoms with Gasteiger partial charge in [0.1, 0.15) is 5.69 Å². The second kappa shape index (κ2) is 9.10. The molecule has 1 heterocycles. The Hall–Kier alpha value is -3.25. The SMILES string of the molecule is COc1ccc(Nc2ccnc(C(=O)NCc3ccccc3Cl)c2)cc1OC. The highest BCUT2D eigenvalue weighted by molar-refractivity contribution is 6.31. The number of aromatic nitrogens is 1. The molecule has 0 unspecified atom stereocenters. The topological polar surface area (TPSA) is 72.5 Å². The first-order valence-corrected chi connectivity index (χ1v) is 8.95. The molecule has 144 valence electrons. The molecule has 0 saturated carbocycles. The molecule has 1 aromatic heterocycles. The molecule has 2 N–H and O–H groups in total. The number of methoxy groups -OCH3 is 2. The van der Waals surface area contributed by atoms with Gasteiger partial charge in [-0.3, -0.25) is 9.78 Å². The lowest BCUT2D eigenvalue weighted by molar-refractivity contribution is 0.0946. The van der Waals surface area contributed by atoms with Gasteiger partial charge < -0.3 is 20.1 Å². The number of carbonyl (C=O) groups excluding carboxylic acids is 1. The maximum absolute atomic E-state index is 12.4. The van der Waals surface area contributed by atoms with Gasteiger partial charge in [-0.2, -0.15) is 0 Å². The van der Waals surface area contributed by atoms with Crippen LogP contribution < -0.4 is 20.1 Å². The molecule has 0 aliphatic rings. The Bertz CT molecular complexity index is 979. The summed E-state index contributed by atoms with van der Waals surface area (Å²) in [5, 5.41) is 6.67. The van der Waals surface area contributed by atoms with E-state index < -0.39 is 0 Å². The van der Waals surface area contributed by atoms with E-state index in [9.17, 15) is 4.79 Å². The largest absolute Gasteiger partial charge is 0.493 e. The molecule has 6 nitrogen and oxygen atoms in total. The molecule has 0 radical (unpaired) electrons. The monoisotopic (exact) mass is 397 g/mol. The van der Waals surface area contributed by atoms with Gasteiger partial charge in [0.2, 0.25) is 0 Å². The molecule has 3 rings (SSSR count). The molecule has 3 aromatic rings. The Morgan fingerprint density at radius 1 is 1.00 bits per heavy atom. The number of rotatable bonds is 7. The number of halogens is 1. The van der Waals surface area contributed by atoms with E-state index >= 15 is 0 Å². The summed E-state index contributed by atoms with van der Waals surface area (Å²) < 4.78 is 10.5. The van der Waals surface area contributed by atoms with Crippen molar-refractivity contribution in [3.8, 4) is 11.5 Å². The van der Waals surface area contributed by atoms with Crippen LogP contribution in [0.4, 0.5) is 11.4 Å². The molecular weight excluding hydrogens is 378 g/mol. The van der Waals surface area contributed by atoms with Gasteiger partial charge in [-0.25, -0.2) is 0 Å². The van der Waals surface area contributed by atoms with Crippen molar-refractivity contribution in [3.63, 3.8) is 0 Å². The number of carbonyl (C=O) groups is 1. The lowest BCUT2D eigenvalue weighted by Crippen LogP contribution is -2.24. The Morgan fingerprint density at radius 2 is 1.75 bits per heavy atom. The summed E-state index contributed by atoms with van der Waals surface area (Å²) >= 11 is 6.12. The van der Waals surface area contributed by atoms with Crippen molar-refractivity contribution in [1.29, 1.82) is 0 Å². The summed E-state index contributed by atoms with van der Waals surface area (Å²) in [5.74, 6) is 0.970. The third kappa shape index (κ3) is 4.72. The Labute approximate surface area is 168 Å². The second-order valence-corrected chi connectivity index (χ2v) is 6.31. The number of ether oxygens (including phenoxy) is 2. The maximum atomic E-state index is 12.4. The zero-order valence-electron chi connectivity index (χ0n) is 15.5. The number of hydrogen-bond donors (Lipinski definition) is 2. The van der Waals surface area contributed by atoms with Gasteiger partial charge in [0.05, 0.1) is 14.2 Å². The zero-order chi connectivity index (χ0) is 19.9. The summed E-state index contributed by atoms with van der Waals surface area (Å²) in [6.07, 6.45) is 1.58. The van der Waals surface area contributed by atoms with E-state index in [1.165, 1.54) is 0 Å². The maximum Gasteiger partial charge on any atom is 0.270 e. The Kier molecular flexibility index (Phi) is 6.34. The smallest absolute Gasteiger partial charge is 0.270 e. The van der Waals surface area contributed by atoms with E-state index in [1.807, 2.05) is 30.3 Å². The summed E-state index contributed by atoms with van der Waals surface area (Å²) in [7, 11) is 3.16. The van der Waals surface area contributed by atoms with Gasteiger partial charge in [-0.15, -0.1) is 0 Å². The number of nitrogens with zero attached hydrogens (tertiary/aromatic N) is 1. The number of pyridine rings is 1. The average molecular weight is 398 g/mol. The van der Waals surface area contributed by atoms with Crippen molar-refractivity contribution in [2.24, 2.45) is 0 Å². The highest BCUT2D eigenvalue weighted by atomic mass is 35.5. The van der Waals surface area contributed by atoms with E-state index in [0.29, 0.717) is 28.8 Å². The molecule has 0 aliphatic heterocycles. The minimum atomic E-state index is -0.282. The summed E-state index contributed by atoms with van der Waals surface area (Å²) in [4.78, 5) is 16.6. The summed E-state index contributed by atoms with van der Waals surface area (Å²) in [5.41, 5.74) is 2.67. The van der Waals surface area contributed by atoms with Crippen LogP contribution in [0.5, 0.6) is 11.5 Å². The van der Waals surface area contributed by atoms with Gasteiger partial charge in [-0.05, 0) is 35.9 Å². The van der Waals surface area contributed by atoms with Crippen LogP contribution in [-0.2, 0) is 6.54 Å². The fraction of sp³-hybridized carbons (Fsp3) is 0.143. The van der Waals surface area contributed by atoms with Crippen LogP contribution >= 0.6 is 11.6 Å². The Morgan fingerprint density at radius 3 is 2.50 bits per heavy atom. The predicted octanol–water partition coefficient (Wildman–Crippen LogP) is 4.43. The molecule has 0 spiro atoms. The molecule has 28 heavy (non-hydrogen) atoms. The van der Waals surface area contributed by atoms with Crippen LogP contribution in [-0.4, -0.2) is 25.1 Å². The normalized spacial score (nSPS) is 10.2. The number of hydrogen-bond acceptors (Lipinski definition) is 5. The molecule has 0 bridgehead atoms. The number of benzene rings is 2. The van der Waals surface area contributed by atoms with Crippen molar-refractivity contribution < 1.29 is 14.3 Å². The van der Waals surface area contributed by atoms with Gasteiger partial charge in [0.15, 0.2) is 11.5 Å². The minimum absolute atomic E-state index is 0.282. The van der Waals surface area contributed by atoms with Crippen LogP contribution in [0.2, 0.25) is 5.02 Å². The predicted molar refractivity (Wildman–Crippen MR) is 110 cm³/mol. The number of amides is 1. The van der Waals surface area contributed by atoms with Crippen molar-refractivity contribution in [1.82, 2.24) is 10.3 Å². The van der Waals surface area contributed by atoms with Gasteiger partial charge in [0.25, 0.3) is 5.91 Å². The fourth-order valence-corrected chi connectivity index (χ4v) is 2.82. The van der Waals surface area contributed by atoms with E-state index in [-0.39, 0.29) is 5.91 Å². The van der Waals surface area contributed by atoms with Crippen LogP contribution in [0.1, 0.15) is 16.1 Å². The Balaban J connectivity index is 1.70. The minimum Gasteiger partial charge on any atom is -0.493 e. The second-order valence-electron chi connectivity index (χ2n) is 5.90. The molecule has 0 atom stereocenters. The standard InChI is InChI=1S/C21H20ClN3O3/c1-27-19-8-7-15(12-20(19)28-2)25-16-9-10-23-18(11-16)21(26)24-13-14-5-3-4-6-17(14)22/h3-12H,13H2,1-2H3,(H,23,25)(H,24,26). The molecule has 1 amide bonds. The third-order valence-corrected chi connectivity index (χ3v) is 4.43. The number of anilines is 2. The van der Waals surface area contributed by atoms with Crippen LogP contribution in [0.3, 0.4) is 0 Å². The van der Waals surface area contributed by atoms with Crippen LogP contribution in [0, 0.1) is 0 Å². The zero-order valence-corrected chi connectivity index (χ0v) is 16.3. The van der Waals surface area contributed by atoms with Gasteiger partial charge in [0, 0.05) is 35.2 Å². The average Bonchev–Trinajstić information content (AvgIpc) is 2.73. The summed E-state index contributed by atoms with van der Waals surface area (Å²) in [6, 6.07) is 16.3. The number of nitrogens with one attached hydrogen (secondary N) is 2. The van der Waals surface area contributed by atoms with E-state index in [0.717, 1.165) is 16.9 Å². The molecule has 0 fully saturated rings. The lowest BCUT2D eigenvalue weighted by Gasteiger charge is -2.12. The quantitative estimate of drug-likeness (QED) is 0.617. The molecule has 0 saturated heterocycles. The van der Waals surface area contributed by atoms with Crippen LogP contribution in [0.25, 0.3) is 0 Å². The summed E-state index contributed by atoms with van der Waals surface area (Å²) in [6.45, 7) is 0.327. The molecule has 2 aromatic carbocycles.